The molecule has 1 rings (SSSR count). The van der Waals surface area contributed by atoms with Gasteiger partial charge in [0.15, 0.2) is 0 Å². The molecule has 2 nitrogen and oxygen atoms in total. The number of aryl methyl sites for hydroxylation is 1. The Bertz CT molecular complexity index is 359. The summed E-state index contributed by atoms with van der Waals surface area (Å²) in [5.41, 5.74) is 1.93. The van der Waals surface area contributed by atoms with Gasteiger partial charge in [-0.25, -0.2) is 4.79 Å². The zero-order valence-corrected chi connectivity index (χ0v) is 8.94. The van der Waals surface area contributed by atoms with Crippen molar-refractivity contribution in [2.45, 2.75) is 26.2 Å². The van der Waals surface area contributed by atoms with Crippen molar-refractivity contribution in [1.82, 2.24) is 0 Å². The second kappa shape index (κ2) is 6.74. The lowest BCUT2D eigenvalue weighted by atomic mass is 10.1. The Labute approximate surface area is 90.4 Å². The van der Waals surface area contributed by atoms with Crippen LogP contribution in [0.5, 0.6) is 0 Å². The molecule has 0 spiro atoms. The van der Waals surface area contributed by atoms with Gasteiger partial charge in [0.05, 0.1) is 5.69 Å². The van der Waals surface area contributed by atoms with Crippen LogP contribution < -0.4 is 0 Å². The highest BCUT2D eigenvalue weighted by Gasteiger charge is 1.92. The number of nitrogens with zero attached hydrogens (tertiary/aromatic N) is 1. The SMILES string of the molecule is CCC=CCCc1ccc(N=C=O)cc1. The van der Waals surface area contributed by atoms with Crippen molar-refractivity contribution < 1.29 is 4.79 Å². The highest BCUT2D eigenvalue weighted by atomic mass is 16.1. The standard InChI is InChI=1S/C13H15NO/c1-2-3-4-5-6-12-7-9-13(10-8-12)14-11-15/h3-4,7-10H,2,5-6H2,1H3. The summed E-state index contributed by atoms with van der Waals surface area (Å²) in [6, 6.07) is 7.67. The van der Waals surface area contributed by atoms with Gasteiger partial charge in [-0.2, -0.15) is 4.99 Å². The third kappa shape index (κ3) is 4.39. The largest absolute Gasteiger partial charge is 0.240 e. The minimum Gasteiger partial charge on any atom is -0.211 e. The smallest absolute Gasteiger partial charge is 0.211 e. The normalized spacial score (nSPS) is 10.2. The van der Waals surface area contributed by atoms with Gasteiger partial charge in [-0.05, 0) is 37.0 Å². The summed E-state index contributed by atoms with van der Waals surface area (Å²) in [6.45, 7) is 2.13. The Morgan fingerprint density at radius 2 is 2.00 bits per heavy atom. The number of hydrogen-bond donors (Lipinski definition) is 0. The quantitative estimate of drug-likeness (QED) is 0.407. The summed E-state index contributed by atoms with van der Waals surface area (Å²) >= 11 is 0. The summed E-state index contributed by atoms with van der Waals surface area (Å²) in [6.07, 6.45) is 9.07. The molecule has 0 amide bonds. The first-order valence-corrected chi connectivity index (χ1v) is 5.18. The van der Waals surface area contributed by atoms with Crippen molar-refractivity contribution in [3.8, 4) is 0 Å². The molecule has 0 heterocycles. The van der Waals surface area contributed by atoms with Gasteiger partial charge in [-0.3, -0.25) is 0 Å². The molecule has 0 saturated heterocycles. The second-order valence-corrected chi connectivity index (χ2v) is 3.29. The van der Waals surface area contributed by atoms with Crippen molar-refractivity contribution in [2.75, 3.05) is 0 Å². The Balaban J connectivity index is 2.49. The molecule has 0 aromatic heterocycles. The highest BCUT2D eigenvalue weighted by Crippen LogP contribution is 2.13. The molecule has 0 N–H and O–H groups in total. The maximum absolute atomic E-state index is 10.0. The number of rotatable bonds is 5. The van der Waals surface area contributed by atoms with Crippen molar-refractivity contribution in [3.63, 3.8) is 0 Å². The van der Waals surface area contributed by atoms with Gasteiger partial charge in [0.2, 0.25) is 6.08 Å². The van der Waals surface area contributed by atoms with E-state index in [1.54, 1.807) is 0 Å². The van der Waals surface area contributed by atoms with Crippen LogP contribution in [0.15, 0.2) is 41.4 Å². The number of carbonyl (C=O) groups excluding carboxylic acids is 1. The fourth-order valence-corrected chi connectivity index (χ4v) is 1.32. The summed E-state index contributed by atoms with van der Waals surface area (Å²) in [7, 11) is 0. The number of hydrogen-bond acceptors (Lipinski definition) is 2. The molecule has 0 unspecified atom stereocenters. The summed E-state index contributed by atoms with van der Waals surface area (Å²) in [5.74, 6) is 0. The molecule has 0 saturated carbocycles. The first kappa shape index (κ1) is 11.4. The lowest BCUT2D eigenvalue weighted by Gasteiger charge is -1.98. The van der Waals surface area contributed by atoms with E-state index in [2.05, 4.69) is 24.1 Å². The molecule has 0 radical (unpaired) electrons. The van der Waals surface area contributed by atoms with Gasteiger partial charge in [0.1, 0.15) is 0 Å². The van der Waals surface area contributed by atoms with Gasteiger partial charge < -0.3 is 0 Å². The van der Waals surface area contributed by atoms with Crippen LogP contribution in [-0.4, -0.2) is 6.08 Å². The molecule has 0 fully saturated rings. The minimum atomic E-state index is 0.665. The maximum atomic E-state index is 10.0. The van der Waals surface area contributed by atoms with E-state index in [-0.39, 0.29) is 0 Å². The van der Waals surface area contributed by atoms with E-state index in [1.165, 1.54) is 11.6 Å². The number of benzene rings is 1. The van der Waals surface area contributed by atoms with E-state index in [4.69, 9.17) is 0 Å². The van der Waals surface area contributed by atoms with E-state index >= 15 is 0 Å². The van der Waals surface area contributed by atoms with E-state index in [9.17, 15) is 4.79 Å². The molecule has 0 aliphatic heterocycles. The number of allylic oxidation sites excluding steroid dienone is 2. The first-order chi connectivity index (χ1) is 7.36. The summed E-state index contributed by atoms with van der Waals surface area (Å²) < 4.78 is 0. The Kier molecular flexibility index (Phi) is 5.13. The maximum Gasteiger partial charge on any atom is 0.240 e. The molecule has 1 aromatic rings. The zero-order chi connectivity index (χ0) is 10.9. The molecule has 15 heavy (non-hydrogen) atoms. The zero-order valence-electron chi connectivity index (χ0n) is 8.94. The van der Waals surface area contributed by atoms with Crippen LogP contribution in [0.25, 0.3) is 0 Å². The van der Waals surface area contributed by atoms with Crippen LogP contribution in [0.2, 0.25) is 0 Å². The van der Waals surface area contributed by atoms with Crippen molar-refractivity contribution in [3.05, 3.63) is 42.0 Å². The topological polar surface area (TPSA) is 29.4 Å². The monoisotopic (exact) mass is 201 g/mol. The van der Waals surface area contributed by atoms with Gasteiger partial charge in [0, 0.05) is 0 Å². The molecule has 0 aliphatic carbocycles. The van der Waals surface area contributed by atoms with Gasteiger partial charge in [-0.1, -0.05) is 31.2 Å². The van der Waals surface area contributed by atoms with Gasteiger partial charge in [0.25, 0.3) is 0 Å². The first-order valence-electron chi connectivity index (χ1n) is 5.18. The number of isocyanates is 1. The van der Waals surface area contributed by atoms with E-state index < -0.39 is 0 Å². The highest BCUT2D eigenvalue weighted by molar-refractivity contribution is 5.49. The van der Waals surface area contributed by atoms with Crippen LogP contribution >= 0.6 is 0 Å². The van der Waals surface area contributed by atoms with Crippen molar-refractivity contribution in [1.29, 1.82) is 0 Å². The van der Waals surface area contributed by atoms with Crippen LogP contribution in [-0.2, 0) is 11.2 Å². The molecular formula is C13H15NO. The lowest BCUT2D eigenvalue weighted by Crippen LogP contribution is -1.81. The van der Waals surface area contributed by atoms with E-state index in [0.29, 0.717) is 5.69 Å². The van der Waals surface area contributed by atoms with Crippen LogP contribution in [0.4, 0.5) is 5.69 Å². The third-order valence-corrected chi connectivity index (χ3v) is 2.11. The van der Waals surface area contributed by atoms with Gasteiger partial charge >= 0.3 is 0 Å². The molecule has 1 aromatic carbocycles. The predicted molar refractivity (Wildman–Crippen MR) is 62.0 cm³/mol. The van der Waals surface area contributed by atoms with Crippen molar-refractivity contribution in [2.24, 2.45) is 4.99 Å². The molecule has 0 atom stereocenters. The van der Waals surface area contributed by atoms with E-state index in [0.717, 1.165) is 19.3 Å². The summed E-state index contributed by atoms with van der Waals surface area (Å²) in [5, 5.41) is 0. The fraction of sp³-hybridized carbons (Fsp3) is 0.308. The molecule has 0 bridgehead atoms. The second-order valence-electron chi connectivity index (χ2n) is 3.29. The predicted octanol–water partition coefficient (Wildman–Crippen LogP) is 3.55. The fourth-order valence-electron chi connectivity index (χ4n) is 1.32. The third-order valence-electron chi connectivity index (χ3n) is 2.11. The number of aliphatic imine (C=N–C) groups is 1. The van der Waals surface area contributed by atoms with Gasteiger partial charge in [-0.15, -0.1) is 0 Å². The summed E-state index contributed by atoms with van der Waals surface area (Å²) in [4.78, 5) is 13.5. The van der Waals surface area contributed by atoms with Crippen LogP contribution in [0.3, 0.4) is 0 Å². The minimum absolute atomic E-state index is 0.665. The Morgan fingerprint density at radius 3 is 2.60 bits per heavy atom. The van der Waals surface area contributed by atoms with Crippen LogP contribution in [0, 0.1) is 0 Å². The lowest BCUT2D eigenvalue weighted by molar-refractivity contribution is 0.565. The average Bonchev–Trinajstić information content (AvgIpc) is 2.27. The molecule has 2 heteroatoms. The average molecular weight is 201 g/mol. The Morgan fingerprint density at radius 1 is 1.27 bits per heavy atom. The molecule has 0 aliphatic rings. The van der Waals surface area contributed by atoms with Crippen molar-refractivity contribution >= 4 is 11.8 Å². The van der Waals surface area contributed by atoms with E-state index in [1.807, 2.05) is 24.3 Å². The van der Waals surface area contributed by atoms with Crippen LogP contribution in [0.1, 0.15) is 25.3 Å². The Hall–Kier alpha value is -1.66. The molecular weight excluding hydrogens is 186 g/mol. The molecule has 78 valence electrons.